The van der Waals surface area contributed by atoms with Crippen LogP contribution in [0.5, 0.6) is 0 Å². The van der Waals surface area contributed by atoms with Crippen molar-refractivity contribution in [3.05, 3.63) is 64.3 Å². The van der Waals surface area contributed by atoms with Crippen molar-refractivity contribution in [1.29, 1.82) is 0 Å². The Morgan fingerprint density at radius 1 is 1.09 bits per heavy atom. The number of pyridine rings is 1. The Morgan fingerprint density at radius 3 is 2.61 bits per heavy atom. The number of hydrogen-bond donors (Lipinski definition) is 4. The normalized spacial score (nSPS) is 24.8. The average molecular weight is 695 g/mol. The lowest BCUT2D eigenvalue weighted by Gasteiger charge is -2.32. The fourth-order valence-electron chi connectivity index (χ4n) is 7.71. The first-order chi connectivity index (χ1) is 22.0. The summed E-state index contributed by atoms with van der Waals surface area (Å²) in [6.07, 6.45) is 5.31. The number of carbonyl (C=O) groups excluding carboxylic acids is 5. The highest BCUT2D eigenvalue weighted by molar-refractivity contribution is 9.10. The van der Waals surface area contributed by atoms with Gasteiger partial charge in [0.2, 0.25) is 17.6 Å². The zero-order chi connectivity index (χ0) is 32.7. The van der Waals surface area contributed by atoms with Crippen LogP contribution in [0.4, 0.5) is 5.69 Å². The van der Waals surface area contributed by atoms with Gasteiger partial charge in [-0.1, -0.05) is 34.1 Å². The zero-order valence-corrected chi connectivity index (χ0v) is 27.1. The highest BCUT2D eigenvalue weighted by atomic mass is 79.9. The zero-order valence-electron chi connectivity index (χ0n) is 25.6. The van der Waals surface area contributed by atoms with Gasteiger partial charge in [-0.05, 0) is 75.0 Å². The number of aromatic nitrogens is 1. The van der Waals surface area contributed by atoms with Crippen LogP contribution in [0.1, 0.15) is 54.6 Å². The molecule has 1 aromatic carbocycles. The van der Waals surface area contributed by atoms with E-state index >= 15 is 0 Å². The Morgan fingerprint density at radius 2 is 1.87 bits per heavy atom. The number of benzene rings is 1. The number of fused-ring (bicyclic) bond motifs is 1. The molecule has 3 aromatic rings. The minimum absolute atomic E-state index is 0.000791. The molecule has 6 atom stereocenters. The van der Waals surface area contributed by atoms with E-state index in [4.69, 9.17) is 4.42 Å². The lowest BCUT2D eigenvalue weighted by molar-refractivity contribution is -0.137. The molecular weight excluding hydrogens is 658 g/mol. The van der Waals surface area contributed by atoms with Crippen LogP contribution in [0.25, 0.3) is 11.0 Å². The van der Waals surface area contributed by atoms with Gasteiger partial charge in [0.15, 0.2) is 5.76 Å². The monoisotopic (exact) mass is 693 g/mol. The van der Waals surface area contributed by atoms with Gasteiger partial charge >= 0.3 is 0 Å². The molecule has 46 heavy (non-hydrogen) atoms. The second kappa shape index (κ2) is 12.5. The van der Waals surface area contributed by atoms with Crippen molar-refractivity contribution in [2.45, 2.75) is 68.4 Å². The summed E-state index contributed by atoms with van der Waals surface area (Å²) in [5.74, 6) is -1.82. The summed E-state index contributed by atoms with van der Waals surface area (Å²) in [6, 6.07) is 8.81. The molecule has 13 heteroatoms. The number of likely N-dealkylation sites (N-methyl/N-ethyl adjacent to an activating group) is 1. The number of Topliss-reactive ketones (excluding diaryl/α,β-unsaturated/α-hetero) is 1. The van der Waals surface area contributed by atoms with Crippen LogP contribution < -0.4 is 26.8 Å². The van der Waals surface area contributed by atoms with Crippen molar-refractivity contribution in [1.82, 2.24) is 20.5 Å². The molecule has 242 valence electrons. The quantitative estimate of drug-likeness (QED) is 0.177. The van der Waals surface area contributed by atoms with E-state index in [9.17, 15) is 28.8 Å². The molecule has 0 aliphatic heterocycles. The summed E-state index contributed by atoms with van der Waals surface area (Å²) < 4.78 is 7.05. The molecule has 12 nitrogen and oxygen atoms in total. The number of rotatable bonds is 11. The summed E-state index contributed by atoms with van der Waals surface area (Å²) in [7, 11) is 1.32. The minimum Gasteiger partial charge on any atom is -0.451 e. The highest BCUT2D eigenvalue weighted by Gasteiger charge is 2.61. The Bertz CT molecular complexity index is 1800. The van der Waals surface area contributed by atoms with Crippen LogP contribution >= 0.6 is 15.9 Å². The molecule has 4 aliphatic carbocycles. The van der Waals surface area contributed by atoms with Gasteiger partial charge in [0.25, 0.3) is 17.4 Å². The van der Waals surface area contributed by atoms with E-state index in [-0.39, 0.29) is 47.1 Å². The molecule has 4 saturated carbocycles. The van der Waals surface area contributed by atoms with Crippen LogP contribution in [0, 0.1) is 24.7 Å². The fraction of sp³-hybridized carbons (Fsp3) is 0.455. The lowest BCUT2D eigenvalue weighted by atomic mass is 9.79. The molecular formula is C33H36BrN5O7. The molecule has 7 rings (SSSR count). The number of hydrogen-bond acceptors (Lipinski definition) is 7. The number of nitrogens with zero attached hydrogens (tertiary/aromatic N) is 1. The number of aryl methyl sites for hydroxylation is 1. The third-order valence-electron chi connectivity index (χ3n) is 9.79. The SMILES string of the molecule is CNC(=O)C(=O)CC[C@H](NC(=O)c1oc2ccccc2c1C)C(=O)Nc1cccn(CC(=O)NC2C3CC4CC2C(Br)(C4)C3)c1=O. The van der Waals surface area contributed by atoms with Gasteiger partial charge in [-0.2, -0.15) is 0 Å². The smallest absolute Gasteiger partial charge is 0.287 e. The van der Waals surface area contributed by atoms with Crippen LogP contribution in [-0.4, -0.2) is 57.4 Å². The topological polar surface area (TPSA) is 169 Å². The van der Waals surface area contributed by atoms with E-state index in [1.54, 1.807) is 25.1 Å². The molecule has 4 N–H and O–H groups in total. The first-order valence-corrected chi connectivity index (χ1v) is 16.3. The third-order valence-corrected chi connectivity index (χ3v) is 11.0. The van der Waals surface area contributed by atoms with Crippen LogP contribution in [0.3, 0.4) is 0 Å². The van der Waals surface area contributed by atoms with Crippen LogP contribution in [-0.2, 0) is 25.7 Å². The summed E-state index contributed by atoms with van der Waals surface area (Å²) in [6.45, 7) is 1.50. The van der Waals surface area contributed by atoms with Gasteiger partial charge in [-0.25, -0.2) is 0 Å². The van der Waals surface area contributed by atoms with Crippen LogP contribution in [0.2, 0.25) is 0 Å². The van der Waals surface area contributed by atoms with E-state index < -0.39 is 35.1 Å². The summed E-state index contributed by atoms with van der Waals surface area (Å²) in [5.41, 5.74) is 0.364. The minimum atomic E-state index is -1.30. The van der Waals surface area contributed by atoms with Crippen molar-refractivity contribution < 1.29 is 28.4 Å². The number of alkyl halides is 1. The van der Waals surface area contributed by atoms with Gasteiger partial charge < -0.3 is 30.3 Å². The first-order valence-electron chi connectivity index (χ1n) is 15.5. The Kier molecular flexibility index (Phi) is 8.62. The molecule has 4 amide bonds. The number of halogens is 1. The number of furan rings is 1. The maximum Gasteiger partial charge on any atom is 0.287 e. The van der Waals surface area contributed by atoms with Gasteiger partial charge in [0.1, 0.15) is 23.9 Å². The number of ketones is 1. The lowest BCUT2D eigenvalue weighted by Crippen LogP contribution is -2.47. The molecule has 2 heterocycles. The van der Waals surface area contributed by atoms with Crippen molar-refractivity contribution >= 4 is 62.0 Å². The van der Waals surface area contributed by atoms with Crippen molar-refractivity contribution in [3.63, 3.8) is 0 Å². The van der Waals surface area contributed by atoms with Gasteiger partial charge in [-0.15, -0.1) is 0 Å². The Labute approximate surface area is 273 Å². The molecule has 0 saturated heterocycles. The second-order valence-electron chi connectivity index (χ2n) is 12.7. The molecule has 0 radical (unpaired) electrons. The van der Waals surface area contributed by atoms with Crippen LogP contribution in [0.15, 0.2) is 51.8 Å². The van der Waals surface area contributed by atoms with E-state index in [1.165, 1.54) is 29.9 Å². The Balaban J connectivity index is 1.15. The van der Waals surface area contributed by atoms with E-state index in [1.807, 2.05) is 6.07 Å². The number of amides is 4. The Hall–Kier alpha value is -4.26. The van der Waals surface area contributed by atoms with Gasteiger partial charge in [-0.3, -0.25) is 28.8 Å². The summed E-state index contributed by atoms with van der Waals surface area (Å²) in [5, 5.41) is 11.3. The fourth-order valence-corrected chi connectivity index (χ4v) is 9.06. The predicted octanol–water partition coefficient (Wildman–Crippen LogP) is 2.80. The highest BCUT2D eigenvalue weighted by Crippen LogP contribution is 2.64. The van der Waals surface area contributed by atoms with Gasteiger partial charge in [0, 0.05) is 41.0 Å². The first kappa shape index (κ1) is 31.7. The van der Waals surface area contributed by atoms with E-state index in [2.05, 4.69) is 37.2 Å². The molecule has 4 aliphatic rings. The molecule has 4 fully saturated rings. The molecule has 0 spiro atoms. The molecule has 4 bridgehead atoms. The number of nitrogens with one attached hydrogen (secondary N) is 4. The number of para-hydroxylation sites is 1. The number of carbonyl (C=O) groups is 5. The van der Waals surface area contributed by atoms with Crippen molar-refractivity contribution in [2.24, 2.45) is 17.8 Å². The molecule has 2 aromatic heterocycles. The summed E-state index contributed by atoms with van der Waals surface area (Å²) >= 11 is 3.95. The predicted molar refractivity (Wildman–Crippen MR) is 172 cm³/mol. The molecule has 5 unspecified atom stereocenters. The van der Waals surface area contributed by atoms with E-state index in [0.717, 1.165) is 31.1 Å². The largest absolute Gasteiger partial charge is 0.451 e. The van der Waals surface area contributed by atoms with Crippen molar-refractivity contribution in [2.75, 3.05) is 12.4 Å². The standard InChI is InChI=1S/C33H36BrN5O7/c1-17-20-6-3-4-8-25(20)46-28(17)31(44)36-22(9-10-24(40)30(43)35-2)29(42)37-23-7-5-11-39(32(23)45)16-26(41)38-27-19-12-18-13-21(27)33(34,14-18)15-19/h3-8,11,18-19,21-22,27H,9-10,12-16H2,1-2H3,(H,35,43)(H,36,44)(H,37,42)(H,38,41)/t18?,19?,21?,22-,27?,33?/m0/s1. The average Bonchev–Trinajstić information content (AvgIpc) is 3.56. The maximum absolute atomic E-state index is 13.5. The van der Waals surface area contributed by atoms with Crippen molar-refractivity contribution in [3.8, 4) is 0 Å². The summed E-state index contributed by atoms with van der Waals surface area (Å²) in [4.78, 5) is 77.2. The second-order valence-corrected chi connectivity index (χ2v) is 14.3. The number of anilines is 1. The third kappa shape index (κ3) is 6.00. The van der Waals surface area contributed by atoms with E-state index in [0.29, 0.717) is 28.9 Å². The maximum atomic E-state index is 13.5. The van der Waals surface area contributed by atoms with Gasteiger partial charge in [0.05, 0.1) is 0 Å².